The Kier molecular flexibility index (Phi) is 3.94. The van der Waals surface area contributed by atoms with Crippen molar-refractivity contribution in [1.29, 1.82) is 0 Å². The van der Waals surface area contributed by atoms with Crippen molar-refractivity contribution >= 4 is 29.1 Å². The monoisotopic (exact) mass is 317 g/mol. The second kappa shape index (κ2) is 5.89. The third-order valence-electron chi connectivity index (χ3n) is 3.72. The molecule has 0 bridgehead atoms. The van der Waals surface area contributed by atoms with Crippen molar-refractivity contribution in [2.75, 3.05) is 4.90 Å². The molecule has 5 heteroatoms. The van der Waals surface area contributed by atoms with E-state index in [0.717, 1.165) is 5.56 Å². The van der Waals surface area contributed by atoms with E-state index in [-0.39, 0.29) is 23.3 Å². The van der Waals surface area contributed by atoms with E-state index in [1.54, 1.807) is 30.3 Å². The van der Waals surface area contributed by atoms with Gasteiger partial charge in [0, 0.05) is 6.42 Å². The number of hydrogen-bond donors (Lipinski definition) is 0. The molecule has 1 fully saturated rings. The minimum atomic E-state index is -0.495. The molecule has 0 aliphatic carbocycles. The fraction of sp³-hybridized carbons (Fsp3) is 0.176. The van der Waals surface area contributed by atoms with Crippen LogP contribution in [0.3, 0.4) is 0 Å². The second-order valence-electron chi connectivity index (χ2n) is 5.26. The molecule has 1 unspecified atom stereocenters. The lowest BCUT2D eigenvalue weighted by Crippen LogP contribution is -2.30. The van der Waals surface area contributed by atoms with Gasteiger partial charge in [-0.05, 0) is 36.2 Å². The number of nitrogens with zero attached hydrogens (tertiary/aromatic N) is 1. The van der Waals surface area contributed by atoms with Crippen LogP contribution >= 0.6 is 11.6 Å². The lowest BCUT2D eigenvalue weighted by Gasteiger charge is -2.15. The summed E-state index contributed by atoms with van der Waals surface area (Å²) in [7, 11) is 0. The molecule has 3 rings (SSSR count). The van der Waals surface area contributed by atoms with Gasteiger partial charge in [0.05, 0.1) is 16.6 Å². The quantitative estimate of drug-likeness (QED) is 0.811. The Morgan fingerprint density at radius 3 is 2.55 bits per heavy atom. The van der Waals surface area contributed by atoms with Crippen LogP contribution in [0, 0.1) is 11.7 Å². The third kappa shape index (κ3) is 2.74. The Morgan fingerprint density at radius 2 is 1.86 bits per heavy atom. The molecule has 112 valence electrons. The molecule has 1 aliphatic rings. The molecular formula is C17H13ClFNO2. The van der Waals surface area contributed by atoms with Gasteiger partial charge in [-0.3, -0.25) is 14.5 Å². The molecule has 1 heterocycles. The zero-order valence-electron chi connectivity index (χ0n) is 11.6. The van der Waals surface area contributed by atoms with Crippen molar-refractivity contribution in [3.05, 3.63) is 64.9 Å². The number of halogens is 2. The highest BCUT2D eigenvalue weighted by Gasteiger charge is 2.39. The Labute approximate surface area is 132 Å². The Hall–Kier alpha value is -2.20. The van der Waals surface area contributed by atoms with Gasteiger partial charge in [-0.15, -0.1) is 0 Å². The molecule has 0 saturated carbocycles. The summed E-state index contributed by atoms with van der Waals surface area (Å²) in [5.74, 6) is -1.37. The van der Waals surface area contributed by atoms with Crippen molar-refractivity contribution < 1.29 is 14.0 Å². The average Bonchev–Trinajstić information content (AvgIpc) is 2.78. The number of amides is 2. The Bertz CT molecular complexity index is 733. The molecule has 0 N–H and O–H groups in total. The van der Waals surface area contributed by atoms with Crippen molar-refractivity contribution in [1.82, 2.24) is 0 Å². The minimum Gasteiger partial charge on any atom is -0.274 e. The molecule has 2 aromatic rings. The van der Waals surface area contributed by atoms with Crippen molar-refractivity contribution in [2.24, 2.45) is 5.92 Å². The van der Waals surface area contributed by atoms with E-state index in [1.165, 1.54) is 17.0 Å². The van der Waals surface area contributed by atoms with Crippen LogP contribution in [0.2, 0.25) is 5.02 Å². The number of anilines is 1. The highest BCUT2D eigenvalue weighted by Crippen LogP contribution is 2.29. The minimum absolute atomic E-state index is 0.0224. The first-order valence-corrected chi connectivity index (χ1v) is 7.30. The fourth-order valence-corrected chi connectivity index (χ4v) is 2.86. The molecule has 22 heavy (non-hydrogen) atoms. The SMILES string of the molecule is O=C1CC(Cc2ccc(F)c(Cl)c2)C(=O)N1c1ccccc1. The summed E-state index contributed by atoms with van der Waals surface area (Å²) in [4.78, 5) is 25.8. The van der Waals surface area contributed by atoms with Gasteiger partial charge in [0.1, 0.15) is 5.82 Å². The van der Waals surface area contributed by atoms with Crippen LogP contribution in [0.25, 0.3) is 0 Å². The highest BCUT2D eigenvalue weighted by atomic mass is 35.5. The largest absolute Gasteiger partial charge is 0.274 e. The summed E-state index contributed by atoms with van der Waals surface area (Å²) in [6.45, 7) is 0. The van der Waals surface area contributed by atoms with Crippen LogP contribution in [-0.2, 0) is 16.0 Å². The van der Waals surface area contributed by atoms with Gasteiger partial charge in [-0.2, -0.15) is 0 Å². The zero-order valence-corrected chi connectivity index (χ0v) is 12.4. The summed E-state index contributed by atoms with van der Waals surface area (Å²) in [6, 6.07) is 13.2. The number of benzene rings is 2. The standard InChI is InChI=1S/C17H13ClFNO2/c18-14-9-11(6-7-15(14)19)8-12-10-16(21)20(17(12)22)13-4-2-1-3-5-13/h1-7,9,12H,8,10H2. The molecular weight excluding hydrogens is 305 g/mol. The van der Waals surface area contributed by atoms with Gasteiger partial charge < -0.3 is 0 Å². The van der Waals surface area contributed by atoms with Gasteiger partial charge >= 0.3 is 0 Å². The zero-order chi connectivity index (χ0) is 15.7. The third-order valence-corrected chi connectivity index (χ3v) is 4.01. The van der Waals surface area contributed by atoms with Crippen molar-refractivity contribution in [3.63, 3.8) is 0 Å². The molecule has 3 nitrogen and oxygen atoms in total. The maximum absolute atomic E-state index is 13.2. The van der Waals surface area contributed by atoms with Crippen molar-refractivity contribution in [2.45, 2.75) is 12.8 Å². The van der Waals surface area contributed by atoms with E-state index < -0.39 is 11.7 Å². The first-order valence-electron chi connectivity index (χ1n) is 6.92. The van der Waals surface area contributed by atoms with Gasteiger partial charge in [-0.25, -0.2) is 4.39 Å². The molecule has 0 spiro atoms. The number of hydrogen-bond acceptors (Lipinski definition) is 2. The average molecular weight is 318 g/mol. The van der Waals surface area contributed by atoms with Gasteiger partial charge in [-0.1, -0.05) is 35.9 Å². The topological polar surface area (TPSA) is 37.4 Å². The lowest BCUT2D eigenvalue weighted by molar-refractivity contribution is -0.122. The molecule has 1 saturated heterocycles. The maximum atomic E-state index is 13.2. The molecule has 0 aromatic heterocycles. The summed E-state index contributed by atoms with van der Waals surface area (Å²) < 4.78 is 13.2. The number of para-hydroxylation sites is 1. The predicted molar refractivity (Wildman–Crippen MR) is 82.2 cm³/mol. The summed E-state index contributed by atoms with van der Waals surface area (Å²) in [5, 5.41) is 0.0224. The van der Waals surface area contributed by atoms with Crippen molar-refractivity contribution in [3.8, 4) is 0 Å². The molecule has 2 aromatic carbocycles. The summed E-state index contributed by atoms with van der Waals surface area (Å²) in [6.07, 6.45) is 0.524. The van der Waals surface area contributed by atoms with E-state index in [4.69, 9.17) is 11.6 Å². The van der Waals surface area contributed by atoms with Crippen LogP contribution in [0.5, 0.6) is 0 Å². The molecule has 1 atom stereocenters. The van der Waals surface area contributed by atoms with Crippen LogP contribution in [0.1, 0.15) is 12.0 Å². The normalized spacial score (nSPS) is 18.1. The van der Waals surface area contributed by atoms with Crippen LogP contribution in [0.4, 0.5) is 10.1 Å². The predicted octanol–water partition coefficient (Wildman–Crippen LogP) is 3.60. The first kappa shape index (κ1) is 14.7. The Balaban J connectivity index is 1.80. The van der Waals surface area contributed by atoms with Crippen LogP contribution < -0.4 is 4.90 Å². The smallest absolute Gasteiger partial charge is 0.237 e. The van der Waals surface area contributed by atoms with Crippen LogP contribution in [0.15, 0.2) is 48.5 Å². The van der Waals surface area contributed by atoms with E-state index in [9.17, 15) is 14.0 Å². The van der Waals surface area contributed by atoms with Gasteiger partial charge in [0.25, 0.3) is 0 Å². The lowest BCUT2D eigenvalue weighted by atomic mass is 9.98. The molecule has 1 aliphatic heterocycles. The number of rotatable bonds is 3. The van der Waals surface area contributed by atoms with E-state index in [0.29, 0.717) is 12.1 Å². The van der Waals surface area contributed by atoms with Gasteiger partial charge in [0.2, 0.25) is 11.8 Å². The van der Waals surface area contributed by atoms with Gasteiger partial charge in [0.15, 0.2) is 0 Å². The molecule has 0 radical (unpaired) electrons. The summed E-state index contributed by atoms with van der Waals surface area (Å²) in [5.41, 5.74) is 1.32. The van der Waals surface area contributed by atoms with E-state index in [2.05, 4.69) is 0 Å². The number of carbonyl (C=O) groups is 2. The first-order chi connectivity index (χ1) is 10.6. The van der Waals surface area contributed by atoms with Crippen LogP contribution in [-0.4, -0.2) is 11.8 Å². The fourth-order valence-electron chi connectivity index (χ4n) is 2.65. The Morgan fingerprint density at radius 1 is 1.14 bits per heavy atom. The highest BCUT2D eigenvalue weighted by molar-refractivity contribution is 6.30. The van der Waals surface area contributed by atoms with E-state index in [1.807, 2.05) is 6.07 Å². The number of carbonyl (C=O) groups excluding carboxylic acids is 2. The van der Waals surface area contributed by atoms with E-state index >= 15 is 0 Å². The summed E-state index contributed by atoms with van der Waals surface area (Å²) >= 11 is 5.75. The second-order valence-corrected chi connectivity index (χ2v) is 5.66. The maximum Gasteiger partial charge on any atom is 0.237 e. The number of imide groups is 1. The molecule has 2 amide bonds.